The van der Waals surface area contributed by atoms with Crippen molar-refractivity contribution in [2.24, 2.45) is 0 Å². The van der Waals surface area contributed by atoms with Crippen molar-refractivity contribution in [3.8, 4) is 0 Å². The first-order chi connectivity index (χ1) is 10.5. The molecule has 22 heavy (non-hydrogen) atoms. The number of rotatable bonds is 3. The summed E-state index contributed by atoms with van der Waals surface area (Å²) in [7, 11) is 0. The Hall–Kier alpha value is -2.27. The third-order valence-electron chi connectivity index (χ3n) is 3.57. The molecule has 0 aliphatic carbocycles. The summed E-state index contributed by atoms with van der Waals surface area (Å²) >= 11 is 3.23. The third kappa shape index (κ3) is 2.27. The molecule has 1 atom stereocenters. The molecule has 0 N–H and O–H groups in total. The summed E-state index contributed by atoms with van der Waals surface area (Å²) < 4.78 is 0. The predicted octanol–water partition coefficient (Wildman–Crippen LogP) is 3.45. The summed E-state index contributed by atoms with van der Waals surface area (Å²) in [5, 5.41) is 0. The molecule has 0 aromatic heterocycles. The number of ketones is 1. The van der Waals surface area contributed by atoms with E-state index in [2.05, 4.69) is 15.9 Å². The van der Waals surface area contributed by atoms with Crippen LogP contribution >= 0.6 is 15.9 Å². The number of Topliss-reactive ketones (excluding diaryl/α,β-unsaturated/α-hetero) is 1. The quantitative estimate of drug-likeness (QED) is 0.480. The minimum absolute atomic E-state index is 0.0473. The smallest absolute Gasteiger partial charge is 0.266 e. The Labute approximate surface area is 135 Å². The van der Waals surface area contributed by atoms with E-state index in [0.717, 1.165) is 4.90 Å². The van der Waals surface area contributed by atoms with E-state index in [4.69, 9.17) is 0 Å². The molecule has 0 radical (unpaired) electrons. The van der Waals surface area contributed by atoms with Crippen molar-refractivity contribution in [1.29, 1.82) is 0 Å². The number of carbonyl (C=O) groups is 3. The Bertz CT molecular complexity index is 746. The Morgan fingerprint density at radius 1 is 0.955 bits per heavy atom. The lowest BCUT2D eigenvalue weighted by atomic mass is 10.1. The van der Waals surface area contributed by atoms with Gasteiger partial charge < -0.3 is 0 Å². The van der Waals surface area contributed by atoms with Crippen LogP contribution in [0.1, 0.15) is 38.0 Å². The van der Waals surface area contributed by atoms with Gasteiger partial charge in [0.05, 0.1) is 21.6 Å². The fourth-order valence-electron chi connectivity index (χ4n) is 2.43. The van der Waals surface area contributed by atoms with Crippen molar-refractivity contribution >= 4 is 39.2 Å². The number of hydrogen-bond donors (Lipinski definition) is 0. The van der Waals surface area contributed by atoms with E-state index in [1.165, 1.54) is 0 Å². The van der Waals surface area contributed by atoms with Crippen molar-refractivity contribution in [3.05, 3.63) is 65.2 Å². The number of anilines is 1. The number of hydrogen-bond acceptors (Lipinski definition) is 3. The van der Waals surface area contributed by atoms with Gasteiger partial charge in [0.2, 0.25) is 0 Å². The summed E-state index contributed by atoms with van der Waals surface area (Å²) in [6.07, 6.45) is 0. The van der Waals surface area contributed by atoms with E-state index in [1.54, 1.807) is 55.5 Å². The van der Waals surface area contributed by atoms with Crippen LogP contribution in [-0.4, -0.2) is 22.4 Å². The molecule has 0 saturated heterocycles. The van der Waals surface area contributed by atoms with Gasteiger partial charge in [0, 0.05) is 5.56 Å². The molecule has 1 aliphatic rings. The molecule has 0 saturated carbocycles. The molecule has 1 heterocycles. The highest BCUT2D eigenvalue weighted by atomic mass is 79.9. The van der Waals surface area contributed by atoms with E-state index in [-0.39, 0.29) is 22.4 Å². The summed E-state index contributed by atoms with van der Waals surface area (Å²) in [5.74, 6) is -0.726. The standard InChI is InChI=1S/C17H12BrNO3/c1-10(18)15(20)11-6-8-12(9-7-11)19-16(21)13-4-2-3-5-14(13)17(19)22/h2-10H,1H3. The molecule has 110 valence electrons. The highest BCUT2D eigenvalue weighted by Crippen LogP contribution is 2.28. The number of halogens is 1. The predicted molar refractivity (Wildman–Crippen MR) is 86.7 cm³/mol. The lowest BCUT2D eigenvalue weighted by molar-refractivity contribution is 0.0925. The van der Waals surface area contributed by atoms with Crippen LogP contribution in [0.2, 0.25) is 0 Å². The maximum Gasteiger partial charge on any atom is 0.266 e. The van der Waals surface area contributed by atoms with Crippen molar-refractivity contribution in [3.63, 3.8) is 0 Å². The molecular weight excluding hydrogens is 346 g/mol. The number of amides is 2. The van der Waals surface area contributed by atoms with E-state index < -0.39 is 0 Å². The monoisotopic (exact) mass is 357 g/mol. The van der Waals surface area contributed by atoms with Gasteiger partial charge in [-0.25, -0.2) is 4.90 Å². The second-order valence-electron chi connectivity index (χ2n) is 5.02. The maximum atomic E-state index is 12.4. The van der Waals surface area contributed by atoms with Gasteiger partial charge in [-0.3, -0.25) is 14.4 Å². The van der Waals surface area contributed by atoms with Gasteiger partial charge in [-0.2, -0.15) is 0 Å². The Morgan fingerprint density at radius 2 is 1.45 bits per heavy atom. The second-order valence-corrected chi connectivity index (χ2v) is 6.39. The fraction of sp³-hybridized carbons (Fsp3) is 0.118. The van der Waals surface area contributed by atoms with Gasteiger partial charge in [-0.05, 0) is 43.3 Å². The minimum atomic E-state index is -0.339. The van der Waals surface area contributed by atoms with Crippen LogP contribution in [0.15, 0.2) is 48.5 Å². The lowest BCUT2D eigenvalue weighted by Gasteiger charge is -2.14. The number of nitrogens with zero attached hydrogens (tertiary/aromatic N) is 1. The maximum absolute atomic E-state index is 12.4. The van der Waals surface area contributed by atoms with E-state index in [0.29, 0.717) is 22.4 Å². The zero-order valence-corrected chi connectivity index (χ0v) is 13.3. The van der Waals surface area contributed by atoms with Crippen LogP contribution < -0.4 is 4.90 Å². The van der Waals surface area contributed by atoms with Crippen LogP contribution in [0, 0.1) is 0 Å². The van der Waals surface area contributed by atoms with Crippen molar-refractivity contribution in [2.75, 3.05) is 4.90 Å². The van der Waals surface area contributed by atoms with Crippen molar-refractivity contribution < 1.29 is 14.4 Å². The van der Waals surface area contributed by atoms with Crippen LogP contribution in [0.5, 0.6) is 0 Å². The first-order valence-corrected chi connectivity index (χ1v) is 7.68. The molecule has 0 fully saturated rings. The summed E-state index contributed by atoms with van der Waals surface area (Å²) in [5.41, 5.74) is 1.80. The van der Waals surface area contributed by atoms with Crippen LogP contribution in [0.3, 0.4) is 0 Å². The van der Waals surface area contributed by atoms with E-state index in [1.807, 2.05) is 0 Å². The van der Waals surface area contributed by atoms with E-state index in [9.17, 15) is 14.4 Å². The third-order valence-corrected chi connectivity index (χ3v) is 3.98. The van der Waals surface area contributed by atoms with Gasteiger partial charge in [0.15, 0.2) is 5.78 Å². The zero-order valence-electron chi connectivity index (χ0n) is 11.7. The SMILES string of the molecule is CC(Br)C(=O)c1ccc(N2C(=O)c3ccccc3C2=O)cc1. The molecule has 2 aromatic rings. The van der Waals surface area contributed by atoms with E-state index >= 15 is 0 Å². The van der Waals surface area contributed by atoms with Gasteiger partial charge in [-0.1, -0.05) is 28.1 Å². The lowest BCUT2D eigenvalue weighted by Crippen LogP contribution is -2.29. The molecule has 0 spiro atoms. The topological polar surface area (TPSA) is 54.5 Å². The van der Waals surface area contributed by atoms with Crippen LogP contribution in [0.4, 0.5) is 5.69 Å². The molecule has 5 heteroatoms. The summed E-state index contributed by atoms with van der Waals surface area (Å²) in [4.78, 5) is 37.5. The van der Waals surface area contributed by atoms with Gasteiger partial charge in [0.1, 0.15) is 0 Å². The number of carbonyl (C=O) groups excluding carboxylic acids is 3. The zero-order chi connectivity index (χ0) is 15.9. The highest BCUT2D eigenvalue weighted by Gasteiger charge is 2.36. The summed E-state index contributed by atoms with van der Waals surface area (Å²) in [6, 6.07) is 13.2. The molecule has 1 aliphatic heterocycles. The fourth-order valence-corrected chi connectivity index (χ4v) is 2.69. The molecule has 2 aromatic carbocycles. The average molecular weight is 358 g/mol. The molecule has 4 nitrogen and oxygen atoms in total. The largest absolute Gasteiger partial charge is 0.293 e. The number of benzene rings is 2. The molecular formula is C17H12BrNO3. The average Bonchev–Trinajstić information content (AvgIpc) is 2.79. The van der Waals surface area contributed by atoms with Gasteiger partial charge >= 0.3 is 0 Å². The first-order valence-electron chi connectivity index (χ1n) is 6.77. The number of fused-ring (bicyclic) bond motifs is 1. The summed E-state index contributed by atoms with van der Waals surface area (Å²) in [6.45, 7) is 1.75. The molecule has 3 rings (SSSR count). The molecule has 1 unspecified atom stereocenters. The van der Waals surface area contributed by atoms with Crippen LogP contribution in [-0.2, 0) is 0 Å². The van der Waals surface area contributed by atoms with Crippen LogP contribution in [0.25, 0.3) is 0 Å². The normalized spacial score (nSPS) is 14.9. The Balaban J connectivity index is 1.95. The van der Waals surface area contributed by atoms with Crippen molar-refractivity contribution in [1.82, 2.24) is 0 Å². The van der Waals surface area contributed by atoms with Gasteiger partial charge in [-0.15, -0.1) is 0 Å². The first kappa shape index (κ1) is 14.7. The number of imide groups is 1. The minimum Gasteiger partial charge on any atom is -0.293 e. The van der Waals surface area contributed by atoms with Crippen molar-refractivity contribution in [2.45, 2.75) is 11.8 Å². The molecule has 0 bridgehead atoms. The number of alkyl halides is 1. The highest BCUT2D eigenvalue weighted by molar-refractivity contribution is 9.10. The Morgan fingerprint density at radius 3 is 1.91 bits per heavy atom. The second kappa shape index (κ2) is 5.50. The van der Waals surface area contributed by atoms with Gasteiger partial charge in [0.25, 0.3) is 11.8 Å². The molecule has 2 amide bonds. The Kier molecular flexibility index (Phi) is 3.66.